The first-order chi connectivity index (χ1) is 11.3. The molecule has 5 nitrogen and oxygen atoms in total. The quantitative estimate of drug-likeness (QED) is 0.564. The molecule has 1 rings (SSSR count). The SMILES string of the molecule is C/C(=C\COCc1ccccc1)C(CCO)NC(=O)OC(C)(C)C. The van der Waals surface area contributed by atoms with Gasteiger partial charge in [-0.2, -0.15) is 0 Å². The Balaban J connectivity index is 2.49. The second-order valence-corrected chi connectivity index (χ2v) is 6.66. The molecule has 0 aliphatic heterocycles. The minimum atomic E-state index is -0.551. The molecule has 0 saturated heterocycles. The lowest BCUT2D eigenvalue weighted by Crippen LogP contribution is -2.40. The zero-order valence-corrected chi connectivity index (χ0v) is 15.0. The van der Waals surface area contributed by atoms with E-state index in [-0.39, 0.29) is 12.6 Å². The standard InChI is InChI=1S/C19H29NO4/c1-15(11-13-23-14-16-8-6-5-7-9-16)17(10-12-21)20-18(22)24-19(2,3)4/h5-9,11,17,21H,10,12-14H2,1-4H3,(H,20,22)/b15-11+. The summed E-state index contributed by atoms with van der Waals surface area (Å²) in [5.74, 6) is 0. The number of carbonyl (C=O) groups is 1. The van der Waals surface area contributed by atoms with E-state index < -0.39 is 11.7 Å². The first kappa shape index (κ1) is 20.2. The van der Waals surface area contributed by atoms with Crippen LogP contribution in [0, 0.1) is 0 Å². The van der Waals surface area contributed by atoms with Gasteiger partial charge in [0.1, 0.15) is 5.60 Å². The minimum Gasteiger partial charge on any atom is -0.444 e. The Labute approximate surface area is 144 Å². The molecule has 0 saturated carbocycles. The Bertz CT molecular complexity index is 520. The molecule has 0 aliphatic rings. The molecular weight excluding hydrogens is 306 g/mol. The van der Waals surface area contributed by atoms with Gasteiger partial charge in [0, 0.05) is 6.61 Å². The van der Waals surface area contributed by atoms with Crippen LogP contribution in [0.3, 0.4) is 0 Å². The molecular formula is C19H29NO4. The normalized spacial score (nSPS) is 13.5. The van der Waals surface area contributed by atoms with Crippen molar-refractivity contribution in [2.45, 2.75) is 52.4 Å². The van der Waals surface area contributed by atoms with Crippen LogP contribution >= 0.6 is 0 Å². The van der Waals surface area contributed by atoms with Gasteiger partial charge in [0.25, 0.3) is 0 Å². The summed E-state index contributed by atoms with van der Waals surface area (Å²) in [7, 11) is 0. The van der Waals surface area contributed by atoms with Crippen molar-refractivity contribution in [1.29, 1.82) is 0 Å². The molecule has 1 aromatic rings. The lowest BCUT2D eigenvalue weighted by molar-refractivity contribution is 0.0506. The summed E-state index contributed by atoms with van der Waals surface area (Å²) in [6.07, 6.45) is 1.86. The molecule has 134 valence electrons. The Morgan fingerprint density at radius 1 is 1.29 bits per heavy atom. The molecule has 0 bridgehead atoms. The van der Waals surface area contributed by atoms with E-state index in [0.717, 1.165) is 11.1 Å². The van der Waals surface area contributed by atoms with E-state index in [0.29, 0.717) is 19.6 Å². The summed E-state index contributed by atoms with van der Waals surface area (Å²) < 4.78 is 10.9. The van der Waals surface area contributed by atoms with E-state index >= 15 is 0 Å². The van der Waals surface area contributed by atoms with Gasteiger partial charge in [-0.25, -0.2) is 4.79 Å². The van der Waals surface area contributed by atoms with Gasteiger partial charge in [0.15, 0.2) is 0 Å². The Hall–Kier alpha value is -1.85. The molecule has 0 heterocycles. The maximum absolute atomic E-state index is 11.9. The molecule has 24 heavy (non-hydrogen) atoms. The molecule has 1 amide bonds. The molecule has 0 spiro atoms. The third-order valence-corrected chi connectivity index (χ3v) is 3.29. The lowest BCUT2D eigenvalue weighted by atomic mass is 10.1. The van der Waals surface area contributed by atoms with Crippen LogP contribution in [-0.2, 0) is 16.1 Å². The number of aliphatic hydroxyl groups is 1. The van der Waals surface area contributed by atoms with E-state index in [1.54, 1.807) is 0 Å². The third kappa shape index (κ3) is 8.70. The van der Waals surface area contributed by atoms with Gasteiger partial charge < -0.3 is 19.9 Å². The number of nitrogens with one attached hydrogen (secondary N) is 1. The van der Waals surface area contributed by atoms with Crippen molar-refractivity contribution >= 4 is 6.09 Å². The molecule has 1 aromatic carbocycles. The summed E-state index contributed by atoms with van der Waals surface area (Å²) in [4.78, 5) is 11.9. The van der Waals surface area contributed by atoms with Crippen LogP contribution in [0.15, 0.2) is 42.0 Å². The average molecular weight is 335 g/mol. The maximum atomic E-state index is 11.9. The van der Waals surface area contributed by atoms with E-state index in [1.807, 2.05) is 64.1 Å². The van der Waals surface area contributed by atoms with Crippen LogP contribution in [0.5, 0.6) is 0 Å². The van der Waals surface area contributed by atoms with Gasteiger partial charge in [0.2, 0.25) is 0 Å². The van der Waals surface area contributed by atoms with Gasteiger partial charge >= 0.3 is 6.09 Å². The summed E-state index contributed by atoms with van der Waals surface area (Å²) in [6, 6.07) is 9.66. The molecule has 1 atom stereocenters. The van der Waals surface area contributed by atoms with Crippen molar-refractivity contribution in [2.24, 2.45) is 0 Å². The van der Waals surface area contributed by atoms with E-state index in [4.69, 9.17) is 9.47 Å². The molecule has 0 fully saturated rings. The van der Waals surface area contributed by atoms with Crippen molar-refractivity contribution in [2.75, 3.05) is 13.2 Å². The number of benzene rings is 1. The number of hydrogen-bond acceptors (Lipinski definition) is 4. The molecule has 0 radical (unpaired) electrons. The van der Waals surface area contributed by atoms with Crippen LogP contribution in [0.25, 0.3) is 0 Å². The summed E-state index contributed by atoms with van der Waals surface area (Å²) in [6.45, 7) is 8.31. The van der Waals surface area contributed by atoms with E-state index in [1.165, 1.54) is 0 Å². The average Bonchev–Trinajstić information content (AvgIpc) is 2.50. The second kappa shape index (κ2) is 10.1. The number of alkyl carbamates (subject to hydrolysis) is 1. The highest BCUT2D eigenvalue weighted by Crippen LogP contribution is 2.10. The number of carbonyl (C=O) groups excluding carboxylic acids is 1. The zero-order chi connectivity index (χ0) is 18.0. The first-order valence-electron chi connectivity index (χ1n) is 8.20. The monoisotopic (exact) mass is 335 g/mol. The van der Waals surface area contributed by atoms with Crippen LogP contribution in [0.2, 0.25) is 0 Å². The highest BCUT2D eigenvalue weighted by Gasteiger charge is 2.20. The van der Waals surface area contributed by atoms with E-state index in [2.05, 4.69) is 5.32 Å². The third-order valence-electron chi connectivity index (χ3n) is 3.29. The molecule has 5 heteroatoms. The summed E-state index contributed by atoms with van der Waals surface area (Å²) in [5, 5.41) is 12.0. The fraction of sp³-hybridized carbons (Fsp3) is 0.526. The number of ether oxygens (including phenoxy) is 2. The van der Waals surface area contributed by atoms with Crippen molar-refractivity contribution in [1.82, 2.24) is 5.32 Å². The van der Waals surface area contributed by atoms with Crippen LogP contribution < -0.4 is 5.32 Å². The van der Waals surface area contributed by atoms with Crippen LogP contribution in [-0.4, -0.2) is 36.1 Å². The van der Waals surface area contributed by atoms with Gasteiger partial charge in [0.05, 0.1) is 19.3 Å². The second-order valence-electron chi connectivity index (χ2n) is 6.66. The number of aliphatic hydroxyl groups excluding tert-OH is 1. The Kier molecular flexibility index (Phi) is 8.50. The molecule has 1 unspecified atom stereocenters. The van der Waals surface area contributed by atoms with Crippen molar-refractivity contribution < 1.29 is 19.4 Å². The van der Waals surface area contributed by atoms with Crippen molar-refractivity contribution in [3.05, 3.63) is 47.5 Å². The fourth-order valence-electron chi connectivity index (χ4n) is 2.08. The fourth-order valence-corrected chi connectivity index (χ4v) is 2.08. The highest BCUT2D eigenvalue weighted by atomic mass is 16.6. The van der Waals surface area contributed by atoms with Gasteiger partial charge in [-0.05, 0) is 39.7 Å². The lowest BCUT2D eigenvalue weighted by Gasteiger charge is -2.24. The maximum Gasteiger partial charge on any atom is 0.408 e. The van der Waals surface area contributed by atoms with Crippen LogP contribution in [0.4, 0.5) is 4.79 Å². The minimum absolute atomic E-state index is 0.0173. The number of amides is 1. The van der Waals surface area contributed by atoms with Crippen molar-refractivity contribution in [3.63, 3.8) is 0 Å². The molecule has 2 N–H and O–H groups in total. The molecule has 0 aliphatic carbocycles. The number of hydrogen-bond donors (Lipinski definition) is 2. The topological polar surface area (TPSA) is 67.8 Å². The van der Waals surface area contributed by atoms with Gasteiger partial charge in [-0.3, -0.25) is 0 Å². The smallest absolute Gasteiger partial charge is 0.408 e. The predicted octanol–water partition coefficient (Wildman–Crippen LogP) is 3.43. The summed E-state index contributed by atoms with van der Waals surface area (Å²) >= 11 is 0. The number of rotatable bonds is 8. The highest BCUT2D eigenvalue weighted by molar-refractivity contribution is 5.68. The van der Waals surface area contributed by atoms with Gasteiger partial charge in [-0.15, -0.1) is 0 Å². The van der Waals surface area contributed by atoms with Crippen LogP contribution in [0.1, 0.15) is 39.7 Å². The van der Waals surface area contributed by atoms with Crippen molar-refractivity contribution in [3.8, 4) is 0 Å². The van der Waals surface area contributed by atoms with Gasteiger partial charge in [-0.1, -0.05) is 42.0 Å². The predicted molar refractivity (Wildman–Crippen MR) is 94.7 cm³/mol. The van der Waals surface area contributed by atoms with E-state index in [9.17, 15) is 9.90 Å². The zero-order valence-electron chi connectivity index (χ0n) is 15.0. The first-order valence-corrected chi connectivity index (χ1v) is 8.20. The summed E-state index contributed by atoms with van der Waals surface area (Å²) in [5.41, 5.74) is 1.50. The molecule has 0 aromatic heterocycles. The largest absolute Gasteiger partial charge is 0.444 e. The Morgan fingerprint density at radius 2 is 1.96 bits per heavy atom. The Morgan fingerprint density at radius 3 is 2.54 bits per heavy atom.